The second kappa shape index (κ2) is 5.87. The van der Waals surface area contributed by atoms with Crippen LogP contribution >= 0.6 is 0 Å². The van der Waals surface area contributed by atoms with Gasteiger partial charge < -0.3 is 5.32 Å². The molecule has 2 aliphatic heterocycles. The molecule has 0 saturated carbocycles. The van der Waals surface area contributed by atoms with Crippen LogP contribution in [0.3, 0.4) is 0 Å². The van der Waals surface area contributed by atoms with Gasteiger partial charge in [0.2, 0.25) is 0 Å². The third kappa shape index (κ3) is 2.98. The number of nitro groups is 1. The zero-order valence-corrected chi connectivity index (χ0v) is 11.5. The fourth-order valence-electron chi connectivity index (χ4n) is 2.80. The fourth-order valence-corrected chi connectivity index (χ4v) is 2.80. The molecule has 0 amide bonds. The summed E-state index contributed by atoms with van der Waals surface area (Å²) >= 11 is 0. The fraction of sp³-hybridized carbons (Fsp3) is 0.571. The number of rotatable bonds is 4. The molecule has 108 valence electrons. The summed E-state index contributed by atoms with van der Waals surface area (Å²) in [5.74, 6) is 0. The molecular weight excluding hydrogens is 256 g/mol. The number of hydrogen-bond acceptors (Lipinski definition) is 5. The van der Waals surface area contributed by atoms with Crippen LogP contribution in [-0.4, -0.2) is 60.0 Å². The smallest absolute Gasteiger partial charge is 0.269 e. The van der Waals surface area contributed by atoms with Gasteiger partial charge in [-0.15, -0.1) is 0 Å². The lowest BCUT2D eigenvalue weighted by molar-refractivity contribution is -0.384. The van der Waals surface area contributed by atoms with Crippen LogP contribution in [0, 0.1) is 10.1 Å². The van der Waals surface area contributed by atoms with Gasteiger partial charge in [0.1, 0.15) is 0 Å². The van der Waals surface area contributed by atoms with Crippen molar-refractivity contribution in [3.05, 3.63) is 39.9 Å². The Morgan fingerprint density at radius 2 is 1.80 bits per heavy atom. The van der Waals surface area contributed by atoms with E-state index in [9.17, 15) is 10.1 Å². The Balaban J connectivity index is 1.50. The predicted molar refractivity (Wildman–Crippen MR) is 76.6 cm³/mol. The summed E-state index contributed by atoms with van der Waals surface area (Å²) in [5, 5.41) is 13.9. The second-order valence-electron chi connectivity index (χ2n) is 5.55. The van der Waals surface area contributed by atoms with Crippen molar-refractivity contribution in [1.82, 2.24) is 15.1 Å². The highest BCUT2D eigenvalue weighted by Crippen LogP contribution is 2.15. The minimum Gasteiger partial charge on any atom is -0.314 e. The van der Waals surface area contributed by atoms with Crippen LogP contribution in [0.2, 0.25) is 0 Å². The molecule has 0 aliphatic carbocycles. The summed E-state index contributed by atoms with van der Waals surface area (Å²) in [7, 11) is 0. The van der Waals surface area contributed by atoms with Crippen molar-refractivity contribution in [1.29, 1.82) is 0 Å². The van der Waals surface area contributed by atoms with Gasteiger partial charge in [0.05, 0.1) is 4.92 Å². The maximum Gasteiger partial charge on any atom is 0.269 e. The van der Waals surface area contributed by atoms with Crippen LogP contribution in [-0.2, 0) is 6.54 Å². The number of non-ortho nitro benzene ring substituents is 1. The number of nitrogens with zero attached hydrogens (tertiary/aromatic N) is 3. The van der Waals surface area contributed by atoms with Crippen LogP contribution in [0.25, 0.3) is 0 Å². The van der Waals surface area contributed by atoms with Crippen LogP contribution < -0.4 is 5.32 Å². The molecular formula is C14H20N4O2. The van der Waals surface area contributed by atoms with Gasteiger partial charge in [-0.3, -0.25) is 19.9 Å². The van der Waals surface area contributed by atoms with E-state index in [1.165, 1.54) is 0 Å². The average molecular weight is 276 g/mol. The zero-order chi connectivity index (χ0) is 13.9. The van der Waals surface area contributed by atoms with E-state index in [0.29, 0.717) is 0 Å². The minimum absolute atomic E-state index is 0.163. The standard InChI is InChI=1S/C14H20N4O2/c19-18(20)13-3-1-12(2-4-13)11-16-5-7-17(8-6-16)14-9-15-10-14/h1-4,14-15H,5-11H2. The van der Waals surface area contributed by atoms with Gasteiger partial charge in [0, 0.05) is 64.0 Å². The Labute approximate surface area is 118 Å². The lowest BCUT2D eigenvalue weighted by atomic mass is 10.1. The summed E-state index contributed by atoms with van der Waals surface area (Å²) in [6.07, 6.45) is 0. The van der Waals surface area contributed by atoms with Gasteiger partial charge in [-0.25, -0.2) is 0 Å². The monoisotopic (exact) mass is 276 g/mol. The molecule has 0 unspecified atom stereocenters. The van der Waals surface area contributed by atoms with E-state index in [1.807, 2.05) is 12.1 Å². The van der Waals surface area contributed by atoms with Crippen molar-refractivity contribution < 1.29 is 4.92 Å². The Hall–Kier alpha value is -1.50. The second-order valence-corrected chi connectivity index (χ2v) is 5.55. The maximum atomic E-state index is 10.6. The molecule has 20 heavy (non-hydrogen) atoms. The molecule has 1 N–H and O–H groups in total. The van der Waals surface area contributed by atoms with E-state index in [2.05, 4.69) is 15.1 Å². The molecule has 0 atom stereocenters. The van der Waals surface area contributed by atoms with Gasteiger partial charge in [-0.2, -0.15) is 0 Å². The predicted octanol–water partition coefficient (Wildman–Crippen LogP) is 0.684. The molecule has 2 aliphatic rings. The first-order valence-electron chi connectivity index (χ1n) is 7.13. The van der Waals surface area contributed by atoms with E-state index in [4.69, 9.17) is 0 Å². The molecule has 2 fully saturated rings. The van der Waals surface area contributed by atoms with Crippen molar-refractivity contribution in [3.8, 4) is 0 Å². The first-order chi connectivity index (χ1) is 9.72. The number of hydrogen-bond donors (Lipinski definition) is 1. The van der Waals surface area contributed by atoms with Gasteiger partial charge in [-0.1, -0.05) is 12.1 Å². The van der Waals surface area contributed by atoms with E-state index in [0.717, 1.165) is 57.4 Å². The van der Waals surface area contributed by atoms with Crippen LogP contribution in [0.4, 0.5) is 5.69 Å². The summed E-state index contributed by atoms with van der Waals surface area (Å²) < 4.78 is 0. The highest BCUT2D eigenvalue weighted by Gasteiger charge is 2.27. The van der Waals surface area contributed by atoms with Crippen molar-refractivity contribution >= 4 is 5.69 Å². The van der Waals surface area contributed by atoms with Crippen LogP contribution in [0.15, 0.2) is 24.3 Å². The first-order valence-corrected chi connectivity index (χ1v) is 7.13. The highest BCUT2D eigenvalue weighted by atomic mass is 16.6. The quantitative estimate of drug-likeness (QED) is 0.647. The number of nitrogens with one attached hydrogen (secondary N) is 1. The number of benzene rings is 1. The lowest BCUT2D eigenvalue weighted by Crippen LogP contribution is -2.61. The largest absolute Gasteiger partial charge is 0.314 e. The van der Waals surface area contributed by atoms with Gasteiger partial charge in [0.25, 0.3) is 5.69 Å². The van der Waals surface area contributed by atoms with E-state index in [-0.39, 0.29) is 10.6 Å². The normalized spacial score (nSPS) is 21.6. The molecule has 0 spiro atoms. The lowest BCUT2D eigenvalue weighted by Gasteiger charge is -2.43. The van der Waals surface area contributed by atoms with Crippen LogP contribution in [0.5, 0.6) is 0 Å². The highest BCUT2D eigenvalue weighted by molar-refractivity contribution is 5.32. The third-order valence-electron chi connectivity index (χ3n) is 4.24. The van der Waals surface area contributed by atoms with Crippen molar-refractivity contribution in [3.63, 3.8) is 0 Å². The number of piperazine rings is 1. The van der Waals surface area contributed by atoms with Crippen molar-refractivity contribution in [2.45, 2.75) is 12.6 Å². The van der Waals surface area contributed by atoms with Gasteiger partial charge in [0.15, 0.2) is 0 Å². The Bertz CT molecular complexity index is 465. The summed E-state index contributed by atoms with van der Waals surface area (Å²) in [5.41, 5.74) is 1.31. The SMILES string of the molecule is O=[N+]([O-])c1ccc(CN2CCN(C3CNC3)CC2)cc1. The van der Waals surface area contributed by atoms with Crippen LogP contribution in [0.1, 0.15) is 5.56 Å². The van der Waals surface area contributed by atoms with E-state index in [1.54, 1.807) is 12.1 Å². The number of nitro benzene ring substituents is 1. The first kappa shape index (κ1) is 13.5. The summed E-state index contributed by atoms with van der Waals surface area (Å²) in [4.78, 5) is 15.2. The van der Waals surface area contributed by atoms with Crippen molar-refractivity contribution in [2.24, 2.45) is 0 Å². The molecule has 0 aromatic heterocycles. The Morgan fingerprint density at radius 3 is 2.30 bits per heavy atom. The summed E-state index contributed by atoms with van der Waals surface area (Å²) in [6.45, 7) is 7.54. The zero-order valence-electron chi connectivity index (χ0n) is 11.5. The molecule has 2 saturated heterocycles. The third-order valence-corrected chi connectivity index (χ3v) is 4.24. The van der Waals surface area contributed by atoms with E-state index < -0.39 is 0 Å². The molecule has 1 aromatic rings. The molecule has 2 heterocycles. The van der Waals surface area contributed by atoms with Gasteiger partial charge in [-0.05, 0) is 5.56 Å². The minimum atomic E-state index is -0.352. The topological polar surface area (TPSA) is 61.7 Å². The molecule has 1 aromatic carbocycles. The molecule has 6 nitrogen and oxygen atoms in total. The molecule has 0 radical (unpaired) electrons. The van der Waals surface area contributed by atoms with Crippen molar-refractivity contribution in [2.75, 3.05) is 39.3 Å². The maximum absolute atomic E-state index is 10.6. The Morgan fingerprint density at radius 1 is 1.15 bits per heavy atom. The molecule has 0 bridgehead atoms. The average Bonchev–Trinajstić information content (AvgIpc) is 2.39. The Kier molecular flexibility index (Phi) is 3.95. The molecule has 6 heteroatoms. The molecule has 3 rings (SSSR count). The van der Waals surface area contributed by atoms with E-state index >= 15 is 0 Å². The van der Waals surface area contributed by atoms with Gasteiger partial charge >= 0.3 is 0 Å². The summed E-state index contributed by atoms with van der Waals surface area (Å²) in [6, 6.07) is 7.63.